The minimum Gasteiger partial charge on any atom is -0.458 e. The lowest BCUT2D eigenvalue weighted by Gasteiger charge is -2.38. The van der Waals surface area contributed by atoms with Gasteiger partial charge >= 0.3 is 5.97 Å². The van der Waals surface area contributed by atoms with Gasteiger partial charge < -0.3 is 19.8 Å². The summed E-state index contributed by atoms with van der Waals surface area (Å²) >= 11 is 0. The van der Waals surface area contributed by atoms with Crippen LogP contribution in [0.4, 0.5) is 5.69 Å². The first kappa shape index (κ1) is 19.8. The molecule has 160 valence electrons. The fourth-order valence-corrected chi connectivity index (χ4v) is 4.64. The lowest BCUT2D eigenvalue weighted by molar-refractivity contribution is -0.188. The molecule has 0 aliphatic carbocycles. The minimum absolute atomic E-state index is 0.0441. The van der Waals surface area contributed by atoms with E-state index in [0.29, 0.717) is 35.5 Å². The number of nitrogen functional groups attached to an aromatic ring is 1. The van der Waals surface area contributed by atoms with Crippen molar-refractivity contribution in [1.29, 1.82) is 0 Å². The first-order valence-corrected chi connectivity index (χ1v) is 10.7. The van der Waals surface area contributed by atoms with Gasteiger partial charge in [0.05, 0.1) is 35.1 Å². The molecule has 0 radical (unpaired) electrons. The number of anilines is 1. The Labute approximate surface area is 179 Å². The van der Waals surface area contributed by atoms with Crippen LogP contribution in [0.5, 0.6) is 0 Å². The van der Waals surface area contributed by atoms with Crippen molar-refractivity contribution < 1.29 is 14.3 Å². The van der Waals surface area contributed by atoms with Gasteiger partial charge in [0.15, 0.2) is 5.60 Å². The number of hydrogen-bond donors (Lipinski definition) is 1. The molecule has 0 amide bonds. The second-order valence-electron chi connectivity index (χ2n) is 8.32. The van der Waals surface area contributed by atoms with Crippen LogP contribution >= 0.6 is 0 Å². The monoisotopic (exact) mass is 419 g/mol. The van der Waals surface area contributed by atoms with Gasteiger partial charge in [-0.25, -0.2) is 9.78 Å². The number of rotatable bonds is 4. The number of hydrogen-bond acceptors (Lipinski definition) is 6. The smallest absolute Gasteiger partial charge is 0.343 e. The van der Waals surface area contributed by atoms with Crippen molar-refractivity contribution in [2.75, 3.05) is 5.73 Å². The van der Waals surface area contributed by atoms with Crippen LogP contribution in [0.3, 0.4) is 0 Å². The fourth-order valence-electron chi connectivity index (χ4n) is 4.64. The number of benzene rings is 1. The number of cyclic esters (lactones) is 1. The van der Waals surface area contributed by atoms with Crippen molar-refractivity contribution in [3.05, 3.63) is 57.4 Å². The number of carbonyl (C=O) groups excluding carboxylic acids is 1. The predicted octanol–water partition coefficient (Wildman–Crippen LogP) is 3.48. The lowest BCUT2D eigenvalue weighted by Crippen LogP contribution is -2.47. The number of pyridine rings is 2. The van der Waals surface area contributed by atoms with Gasteiger partial charge in [-0.2, -0.15) is 0 Å². The zero-order valence-electron chi connectivity index (χ0n) is 17.9. The molecule has 5 rings (SSSR count). The van der Waals surface area contributed by atoms with Crippen LogP contribution in [0.2, 0.25) is 0 Å². The van der Waals surface area contributed by atoms with Crippen molar-refractivity contribution in [2.24, 2.45) is 0 Å². The Morgan fingerprint density at radius 3 is 2.84 bits per heavy atom. The molecule has 2 aliphatic heterocycles. The van der Waals surface area contributed by atoms with E-state index in [-0.39, 0.29) is 18.3 Å². The molecule has 7 nitrogen and oxygen atoms in total. The third-order valence-electron chi connectivity index (χ3n) is 6.53. The third kappa shape index (κ3) is 2.73. The Morgan fingerprint density at radius 1 is 1.29 bits per heavy atom. The second kappa shape index (κ2) is 6.92. The Kier molecular flexibility index (Phi) is 4.41. The molecule has 7 heteroatoms. The fraction of sp³-hybridized carbons (Fsp3) is 0.375. The van der Waals surface area contributed by atoms with Gasteiger partial charge in [-0.1, -0.05) is 19.9 Å². The highest BCUT2D eigenvalue weighted by Gasteiger charge is 2.48. The topological polar surface area (TPSA) is 96.4 Å². The van der Waals surface area contributed by atoms with Crippen molar-refractivity contribution in [3.63, 3.8) is 0 Å². The molecule has 0 fully saturated rings. The highest BCUT2D eigenvalue weighted by molar-refractivity contribution is 5.93. The molecule has 1 aromatic carbocycles. The van der Waals surface area contributed by atoms with Crippen LogP contribution in [0, 0.1) is 0 Å². The minimum atomic E-state index is -1.29. The number of carbonyl (C=O) groups is 1. The second-order valence-corrected chi connectivity index (χ2v) is 8.32. The molecule has 0 spiro atoms. The molecule has 31 heavy (non-hydrogen) atoms. The summed E-state index contributed by atoms with van der Waals surface area (Å²) in [5.41, 5.74) is 9.56. The average molecular weight is 419 g/mol. The summed E-state index contributed by atoms with van der Waals surface area (Å²) in [6.07, 6.45) is 0.957. The molecular weight excluding hydrogens is 394 g/mol. The molecule has 2 unspecified atom stereocenters. The van der Waals surface area contributed by atoms with Gasteiger partial charge in [0, 0.05) is 22.2 Å². The van der Waals surface area contributed by atoms with E-state index in [9.17, 15) is 9.59 Å². The zero-order chi connectivity index (χ0) is 21.9. The molecule has 4 heterocycles. The van der Waals surface area contributed by atoms with E-state index in [1.807, 2.05) is 51.1 Å². The summed E-state index contributed by atoms with van der Waals surface area (Å²) in [6, 6.07) is 9.52. The van der Waals surface area contributed by atoms with Gasteiger partial charge in [-0.15, -0.1) is 0 Å². The van der Waals surface area contributed by atoms with Crippen LogP contribution in [-0.2, 0) is 33.0 Å². The number of nitrogens with two attached hydrogens (primary N) is 1. The number of esters is 1. The Balaban J connectivity index is 1.76. The number of aromatic nitrogens is 2. The van der Waals surface area contributed by atoms with Crippen LogP contribution in [0.1, 0.15) is 50.3 Å². The molecule has 0 saturated heterocycles. The van der Waals surface area contributed by atoms with Crippen molar-refractivity contribution in [2.45, 2.75) is 58.5 Å². The van der Waals surface area contributed by atoms with Crippen molar-refractivity contribution in [1.82, 2.24) is 9.55 Å². The summed E-state index contributed by atoms with van der Waals surface area (Å²) in [6.45, 7) is 6.17. The van der Waals surface area contributed by atoms with Crippen molar-refractivity contribution in [3.8, 4) is 11.4 Å². The van der Waals surface area contributed by atoms with Gasteiger partial charge in [-0.05, 0) is 44.0 Å². The Morgan fingerprint density at radius 2 is 2.10 bits per heavy atom. The number of fused-ring (bicyclic) bond motifs is 5. The van der Waals surface area contributed by atoms with Crippen LogP contribution in [0.25, 0.3) is 22.3 Å². The summed E-state index contributed by atoms with van der Waals surface area (Å²) in [4.78, 5) is 31.2. The predicted molar refractivity (Wildman–Crippen MR) is 118 cm³/mol. The first-order chi connectivity index (χ1) is 14.9. The van der Waals surface area contributed by atoms with Crippen LogP contribution < -0.4 is 11.3 Å². The largest absolute Gasteiger partial charge is 0.458 e. The van der Waals surface area contributed by atoms with Crippen molar-refractivity contribution >= 4 is 22.6 Å². The van der Waals surface area contributed by atoms with Gasteiger partial charge in [-0.3, -0.25) is 4.79 Å². The van der Waals surface area contributed by atoms with E-state index in [2.05, 4.69) is 0 Å². The first-order valence-electron chi connectivity index (χ1n) is 10.7. The van der Waals surface area contributed by atoms with E-state index in [4.69, 9.17) is 20.2 Å². The summed E-state index contributed by atoms with van der Waals surface area (Å²) in [5, 5.41) is 0.869. The maximum Gasteiger partial charge on any atom is 0.343 e. The number of nitrogens with zero attached hydrogens (tertiary/aromatic N) is 2. The highest BCUT2D eigenvalue weighted by atomic mass is 16.6. The summed E-state index contributed by atoms with van der Waals surface area (Å²) in [7, 11) is 0. The maximum atomic E-state index is 13.5. The van der Waals surface area contributed by atoms with E-state index in [0.717, 1.165) is 28.6 Å². The maximum absolute atomic E-state index is 13.5. The average Bonchev–Trinajstić information content (AvgIpc) is 3.13. The third-order valence-corrected chi connectivity index (χ3v) is 6.53. The summed E-state index contributed by atoms with van der Waals surface area (Å²) in [5.74, 6) is -0.440. The van der Waals surface area contributed by atoms with E-state index < -0.39 is 11.6 Å². The molecule has 0 bridgehead atoms. The van der Waals surface area contributed by atoms with E-state index >= 15 is 0 Å². The van der Waals surface area contributed by atoms with E-state index in [1.165, 1.54) is 0 Å². The van der Waals surface area contributed by atoms with Gasteiger partial charge in [0.25, 0.3) is 5.56 Å². The normalized spacial score (nSPS) is 20.2. The molecule has 2 N–H and O–H groups in total. The zero-order valence-corrected chi connectivity index (χ0v) is 17.9. The number of ether oxygens (including phenoxy) is 2. The van der Waals surface area contributed by atoms with Crippen LogP contribution in [0.15, 0.2) is 35.1 Å². The Hall–Kier alpha value is -3.19. The highest BCUT2D eigenvalue weighted by Crippen LogP contribution is 2.41. The molecule has 2 atom stereocenters. The van der Waals surface area contributed by atoms with Gasteiger partial charge in [0.1, 0.15) is 6.61 Å². The summed E-state index contributed by atoms with van der Waals surface area (Å²) < 4.78 is 13.4. The molecule has 2 aliphatic rings. The quantitative estimate of drug-likeness (QED) is 0.402. The SMILES string of the molecule is CCC(C)OC1(CC)C(=O)OCc2c1cc1n(c2=O)Cc2cc3c(N)cccc3nc2-1. The van der Waals surface area contributed by atoms with Crippen LogP contribution in [-0.4, -0.2) is 21.6 Å². The molecular formula is C24H25N3O4. The lowest BCUT2D eigenvalue weighted by atomic mass is 9.85. The molecule has 2 aromatic heterocycles. The molecule has 0 saturated carbocycles. The Bertz CT molecular complexity index is 1300. The standard InChI is InChI=1S/C24H25N3O4/c1-4-13(3)31-24(5-2)17-10-20-21-14(9-15-18(25)7-6-8-19(15)26-21)11-27(20)22(28)16(17)12-30-23(24)29/h6-10,13H,4-5,11-12,25H2,1-3H3. The van der Waals surface area contributed by atoms with E-state index in [1.54, 1.807) is 4.57 Å². The van der Waals surface area contributed by atoms with Gasteiger partial charge in [0.2, 0.25) is 0 Å². The molecule has 3 aromatic rings.